The van der Waals surface area contributed by atoms with Crippen molar-refractivity contribution in [2.24, 2.45) is 7.05 Å². The molecule has 0 atom stereocenters. The van der Waals surface area contributed by atoms with Gasteiger partial charge in [-0.3, -0.25) is 0 Å². The third kappa shape index (κ3) is 3.92. The van der Waals surface area contributed by atoms with Crippen molar-refractivity contribution in [3.05, 3.63) is 126 Å². The molecule has 4 nitrogen and oxygen atoms in total. The number of benzene rings is 3. The van der Waals surface area contributed by atoms with Gasteiger partial charge < -0.3 is 33.3 Å². The average Bonchev–Trinajstić information content (AvgIpc) is 3.29. The molecule has 0 saturated carbocycles. The highest BCUT2D eigenvalue weighted by molar-refractivity contribution is 6.06. The van der Waals surface area contributed by atoms with Gasteiger partial charge in [0.15, 0.2) is 0 Å². The molecule has 0 saturated heterocycles. The van der Waals surface area contributed by atoms with E-state index in [1.54, 1.807) is 0 Å². The van der Waals surface area contributed by atoms with Crippen molar-refractivity contribution >= 4 is 40.0 Å². The van der Waals surface area contributed by atoms with Crippen molar-refractivity contribution in [2.75, 3.05) is 4.90 Å². The Morgan fingerprint density at radius 3 is 2.29 bits per heavy atom. The van der Waals surface area contributed by atoms with E-state index in [1.165, 1.54) is 0 Å². The summed E-state index contributed by atoms with van der Waals surface area (Å²) in [5.74, 6) is 0.591. The number of pyridine rings is 1. The van der Waals surface area contributed by atoms with E-state index in [4.69, 9.17) is 9.40 Å². The largest absolute Gasteiger partial charge is 1.00 e. The summed E-state index contributed by atoms with van der Waals surface area (Å²) in [6.45, 7) is 0. The molecule has 0 radical (unpaired) electrons. The first-order valence-electron chi connectivity index (χ1n) is 11.0. The molecule has 0 N–H and O–H groups in total. The summed E-state index contributed by atoms with van der Waals surface area (Å²) in [7, 11) is 1.98. The summed E-state index contributed by atoms with van der Waals surface area (Å²) in [5, 5.41) is 0. The lowest BCUT2D eigenvalue weighted by atomic mass is 9.94. The van der Waals surface area contributed by atoms with Crippen LogP contribution in [0.25, 0.3) is 28.6 Å². The molecule has 34 heavy (non-hydrogen) atoms. The molecular formula is C29H22IN3O. The lowest BCUT2D eigenvalue weighted by molar-refractivity contribution is -0.646. The van der Waals surface area contributed by atoms with Gasteiger partial charge in [0.25, 0.3) is 0 Å². The second kappa shape index (κ2) is 9.27. The number of anilines is 2. The van der Waals surface area contributed by atoms with Crippen LogP contribution in [0, 0.1) is 0 Å². The number of halogens is 1. The van der Waals surface area contributed by atoms with Crippen molar-refractivity contribution in [3.8, 4) is 0 Å². The van der Waals surface area contributed by atoms with E-state index in [0.29, 0.717) is 5.89 Å². The number of oxazole rings is 1. The monoisotopic (exact) mass is 555 g/mol. The zero-order valence-corrected chi connectivity index (χ0v) is 20.8. The first kappa shape index (κ1) is 22.1. The van der Waals surface area contributed by atoms with Crippen LogP contribution in [0.3, 0.4) is 0 Å². The summed E-state index contributed by atoms with van der Waals surface area (Å²) in [4.78, 5) is 7.04. The first-order valence-corrected chi connectivity index (χ1v) is 11.0. The van der Waals surface area contributed by atoms with Gasteiger partial charge in [0.2, 0.25) is 5.58 Å². The molecule has 0 spiro atoms. The maximum Gasteiger partial charge on any atom is 0.370 e. The predicted octanol–water partition coefficient (Wildman–Crippen LogP) is 3.39. The lowest BCUT2D eigenvalue weighted by Crippen LogP contribution is -3.00. The van der Waals surface area contributed by atoms with Gasteiger partial charge in [0.1, 0.15) is 0 Å². The number of para-hydroxylation sites is 2. The molecule has 0 fully saturated rings. The van der Waals surface area contributed by atoms with Gasteiger partial charge in [-0.25, -0.2) is 4.57 Å². The Morgan fingerprint density at radius 2 is 1.53 bits per heavy atom. The van der Waals surface area contributed by atoms with Gasteiger partial charge in [0.05, 0.1) is 24.6 Å². The van der Waals surface area contributed by atoms with Gasteiger partial charge in [-0.1, -0.05) is 66.7 Å². The minimum atomic E-state index is 0. The van der Waals surface area contributed by atoms with Crippen molar-refractivity contribution in [1.82, 2.24) is 4.98 Å². The van der Waals surface area contributed by atoms with Crippen LogP contribution in [0.15, 0.2) is 114 Å². The molecule has 3 heterocycles. The number of aromatic nitrogens is 2. The van der Waals surface area contributed by atoms with Gasteiger partial charge in [-0.2, -0.15) is 0 Å². The SMILES string of the molecule is C[n+]1cccc2oc(/C=C3\C=C(c4ccccc4)N(c4ccccc4)c4ccccc43)nc21.[I-]. The van der Waals surface area contributed by atoms with Gasteiger partial charge in [0, 0.05) is 22.3 Å². The van der Waals surface area contributed by atoms with Crippen molar-refractivity contribution < 1.29 is 33.0 Å². The Labute approximate surface area is 215 Å². The zero-order chi connectivity index (χ0) is 22.2. The predicted molar refractivity (Wildman–Crippen MR) is 132 cm³/mol. The van der Waals surface area contributed by atoms with Crippen LogP contribution < -0.4 is 33.4 Å². The number of hydrogen-bond donors (Lipinski definition) is 0. The number of allylic oxidation sites excluding steroid dienone is 2. The summed E-state index contributed by atoms with van der Waals surface area (Å²) >= 11 is 0. The zero-order valence-electron chi connectivity index (χ0n) is 18.6. The minimum Gasteiger partial charge on any atom is -1.00 e. The highest BCUT2D eigenvalue weighted by Gasteiger charge is 2.26. The fourth-order valence-electron chi connectivity index (χ4n) is 4.35. The summed E-state index contributed by atoms with van der Waals surface area (Å²) in [6.07, 6.45) is 6.23. The fourth-order valence-corrected chi connectivity index (χ4v) is 4.35. The fraction of sp³-hybridized carbons (Fsp3) is 0.0345. The summed E-state index contributed by atoms with van der Waals surface area (Å²) in [5.41, 5.74) is 8.28. The quantitative estimate of drug-likeness (QED) is 0.253. The van der Waals surface area contributed by atoms with E-state index in [1.807, 2.05) is 48.2 Å². The third-order valence-electron chi connectivity index (χ3n) is 5.89. The number of rotatable bonds is 3. The van der Waals surface area contributed by atoms with Crippen LogP contribution in [0.2, 0.25) is 0 Å². The molecule has 1 aliphatic rings. The number of fused-ring (bicyclic) bond motifs is 2. The van der Waals surface area contributed by atoms with E-state index in [9.17, 15) is 0 Å². The van der Waals surface area contributed by atoms with Crippen molar-refractivity contribution in [1.29, 1.82) is 0 Å². The van der Waals surface area contributed by atoms with Gasteiger partial charge in [-0.05, 0) is 47.5 Å². The maximum absolute atomic E-state index is 6.07. The second-order valence-corrected chi connectivity index (χ2v) is 8.04. The molecule has 0 unspecified atom stereocenters. The molecule has 0 bridgehead atoms. The van der Waals surface area contributed by atoms with Gasteiger partial charge >= 0.3 is 11.5 Å². The molecule has 6 rings (SSSR count). The topological polar surface area (TPSA) is 33.1 Å². The molecule has 5 aromatic rings. The standard InChI is InChI=1S/C29H22N3O.HI/c1-31-18-10-17-27-29(31)30-28(33-27)20-22-19-26(21-11-4-2-5-12-21)32(23-13-6-3-7-14-23)25-16-9-8-15-24(22)25;/h2-20H,1H3;1H/q+1;/p-1. The van der Waals surface area contributed by atoms with Crippen LogP contribution >= 0.6 is 0 Å². The smallest absolute Gasteiger partial charge is 0.370 e. The van der Waals surface area contributed by atoms with E-state index in [-0.39, 0.29) is 24.0 Å². The highest BCUT2D eigenvalue weighted by Crippen LogP contribution is 2.44. The first-order chi connectivity index (χ1) is 16.3. The van der Waals surface area contributed by atoms with E-state index >= 15 is 0 Å². The average molecular weight is 555 g/mol. The lowest BCUT2D eigenvalue weighted by Gasteiger charge is -2.34. The Hall–Kier alpha value is -3.71. The third-order valence-corrected chi connectivity index (χ3v) is 5.89. The minimum absolute atomic E-state index is 0. The molecule has 166 valence electrons. The second-order valence-electron chi connectivity index (χ2n) is 8.04. The van der Waals surface area contributed by atoms with Crippen molar-refractivity contribution in [3.63, 3.8) is 0 Å². The van der Waals surface area contributed by atoms with Crippen LogP contribution in [-0.4, -0.2) is 4.98 Å². The Kier molecular flexibility index (Phi) is 6.02. The number of nitrogens with zero attached hydrogens (tertiary/aromatic N) is 3. The van der Waals surface area contributed by atoms with Crippen LogP contribution in [-0.2, 0) is 7.05 Å². The molecule has 2 aromatic heterocycles. The molecule has 3 aromatic carbocycles. The van der Waals surface area contributed by atoms with E-state index < -0.39 is 0 Å². The summed E-state index contributed by atoms with van der Waals surface area (Å²) < 4.78 is 8.04. The maximum atomic E-state index is 6.07. The number of aryl methyl sites for hydroxylation is 1. The normalized spacial score (nSPS) is 14.0. The van der Waals surface area contributed by atoms with Crippen LogP contribution in [0.4, 0.5) is 11.4 Å². The van der Waals surface area contributed by atoms with E-state index in [2.05, 4.69) is 83.8 Å². The molecule has 0 aliphatic carbocycles. The highest BCUT2D eigenvalue weighted by atomic mass is 127. The summed E-state index contributed by atoms with van der Waals surface area (Å²) in [6, 6.07) is 33.3. The van der Waals surface area contributed by atoms with Gasteiger partial charge in [-0.15, -0.1) is 0 Å². The Bertz CT molecular complexity index is 1520. The molecular weight excluding hydrogens is 533 g/mol. The molecule has 5 heteroatoms. The Balaban J connectivity index is 0.00000241. The number of hydrogen-bond acceptors (Lipinski definition) is 3. The van der Waals surface area contributed by atoms with Crippen LogP contribution in [0.1, 0.15) is 17.0 Å². The van der Waals surface area contributed by atoms with E-state index in [0.717, 1.165) is 45.0 Å². The Morgan fingerprint density at radius 1 is 0.824 bits per heavy atom. The van der Waals surface area contributed by atoms with Crippen molar-refractivity contribution in [2.45, 2.75) is 0 Å². The molecule has 1 aliphatic heterocycles. The molecule has 0 amide bonds. The van der Waals surface area contributed by atoms with Crippen LogP contribution in [0.5, 0.6) is 0 Å².